The second kappa shape index (κ2) is 17.0. The number of aliphatic carboxylic acids is 3. The smallest absolute Gasteiger partial charge is 0.326 e. The Hall–Kier alpha value is -3.75. The van der Waals surface area contributed by atoms with E-state index in [0.717, 1.165) is 0 Å². The lowest BCUT2D eigenvalue weighted by atomic mass is 9.98. The van der Waals surface area contributed by atoms with Crippen molar-refractivity contribution in [3.05, 3.63) is 0 Å². The van der Waals surface area contributed by atoms with Gasteiger partial charge in [0.15, 0.2) is 0 Å². The highest BCUT2D eigenvalue weighted by Crippen LogP contribution is 2.10. The average Bonchev–Trinajstić information content (AvgIpc) is 2.86. The number of nitrogens with one attached hydrogen (secondary N) is 4. The number of nitrogens with two attached hydrogens (primary N) is 1. The predicted molar refractivity (Wildman–Crippen MR) is 137 cm³/mol. The normalized spacial score (nSPS) is 16.3. The van der Waals surface area contributed by atoms with E-state index >= 15 is 0 Å². The van der Waals surface area contributed by atoms with Gasteiger partial charge in [0.2, 0.25) is 23.6 Å². The molecule has 7 atom stereocenters. The van der Waals surface area contributed by atoms with Gasteiger partial charge in [0.05, 0.1) is 12.5 Å². The van der Waals surface area contributed by atoms with E-state index in [4.69, 9.17) is 10.8 Å². The minimum Gasteiger partial charge on any atom is -0.481 e. The fourth-order valence-corrected chi connectivity index (χ4v) is 3.31. The molecule has 0 saturated heterocycles. The maximum atomic E-state index is 12.9. The molecule has 15 nitrogen and oxygen atoms in total. The Balaban J connectivity index is 5.69. The van der Waals surface area contributed by atoms with E-state index in [2.05, 4.69) is 21.3 Å². The third kappa shape index (κ3) is 12.6. The molecule has 15 heteroatoms. The molecule has 0 aromatic carbocycles. The van der Waals surface area contributed by atoms with E-state index in [1.807, 2.05) is 6.92 Å². The topological polar surface area (TPSA) is 254 Å². The Kier molecular flexibility index (Phi) is 15.3. The van der Waals surface area contributed by atoms with Crippen LogP contribution in [0, 0.1) is 11.8 Å². The van der Waals surface area contributed by atoms with E-state index < -0.39 is 96.9 Å². The Morgan fingerprint density at radius 2 is 1.18 bits per heavy atom. The third-order valence-electron chi connectivity index (χ3n) is 6.38. The molecule has 0 heterocycles. The van der Waals surface area contributed by atoms with Gasteiger partial charge in [-0.25, -0.2) is 4.79 Å². The first-order valence-electron chi connectivity index (χ1n) is 12.7. The molecule has 0 aliphatic carbocycles. The minimum atomic E-state index is -1.71. The first-order valence-corrected chi connectivity index (χ1v) is 12.7. The van der Waals surface area contributed by atoms with Crippen molar-refractivity contribution in [1.82, 2.24) is 21.3 Å². The Bertz CT molecular complexity index is 912. The van der Waals surface area contributed by atoms with Crippen LogP contribution in [0.25, 0.3) is 0 Å². The number of carbonyl (C=O) groups is 7. The van der Waals surface area contributed by atoms with Crippen LogP contribution in [0.3, 0.4) is 0 Å². The summed E-state index contributed by atoms with van der Waals surface area (Å²) in [5.74, 6) is -8.41. The molecule has 39 heavy (non-hydrogen) atoms. The summed E-state index contributed by atoms with van der Waals surface area (Å²) in [5.41, 5.74) is 5.85. The Morgan fingerprint density at radius 1 is 0.667 bits per heavy atom. The molecule has 0 spiro atoms. The molecule has 0 fully saturated rings. The van der Waals surface area contributed by atoms with Gasteiger partial charge in [0.1, 0.15) is 24.2 Å². The number of carbonyl (C=O) groups excluding carboxylic acids is 4. The number of amides is 4. The van der Waals surface area contributed by atoms with Gasteiger partial charge >= 0.3 is 17.9 Å². The summed E-state index contributed by atoms with van der Waals surface area (Å²) in [5, 5.41) is 36.8. The molecular weight excluding hydrogens is 518 g/mol. The van der Waals surface area contributed by atoms with Gasteiger partial charge < -0.3 is 42.3 Å². The molecular formula is C24H41N5O10. The van der Waals surface area contributed by atoms with Gasteiger partial charge in [-0.15, -0.1) is 0 Å². The highest BCUT2D eigenvalue weighted by Gasteiger charge is 2.33. The van der Waals surface area contributed by atoms with Crippen molar-refractivity contribution in [3.8, 4) is 0 Å². The summed E-state index contributed by atoms with van der Waals surface area (Å²) in [6.45, 7) is 8.17. The molecule has 0 saturated carbocycles. The van der Waals surface area contributed by atoms with Crippen LogP contribution in [0.15, 0.2) is 0 Å². The van der Waals surface area contributed by atoms with Crippen molar-refractivity contribution >= 4 is 41.5 Å². The molecule has 4 amide bonds. The van der Waals surface area contributed by atoms with Crippen LogP contribution in [-0.4, -0.2) is 87.1 Å². The molecule has 0 radical (unpaired) electrons. The number of carboxylic acids is 3. The SMILES string of the molecule is CCC(C)C(N)C(=O)NC(C)C(=O)NC(CC(=O)O)C(=O)NC(CCC(=O)O)C(=O)NC(C(=O)O)C(C)CC. The largest absolute Gasteiger partial charge is 0.481 e. The van der Waals surface area contributed by atoms with E-state index in [-0.39, 0.29) is 5.92 Å². The van der Waals surface area contributed by atoms with Crippen molar-refractivity contribution in [2.75, 3.05) is 0 Å². The first kappa shape index (κ1) is 35.2. The number of rotatable bonds is 18. The highest BCUT2D eigenvalue weighted by atomic mass is 16.4. The lowest BCUT2D eigenvalue weighted by Gasteiger charge is -2.26. The maximum Gasteiger partial charge on any atom is 0.326 e. The second-order valence-electron chi connectivity index (χ2n) is 9.50. The van der Waals surface area contributed by atoms with Crippen LogP contribution in [-0.2, 0) is 33.6 Å². The van der Waals surface area contributed by atoms with Crippen LogP contribution in [0.1, 0.15) is 66.7 Å². The van der Waals surface area contributed by atoms with Crippen LogP contribution >= 0.6 is 0 Å². The van der Waals surface area contributed by atoms with Gasteiger partial charge in [0.25, 0.3) is 0 Å². The average molecular weight is 560 g/mol. The summed E-state index contributed by atoms with van der Waals surface area (Å²) in [6, 6.07) is -6.68. The molecule has 0 aromatic heterocycles. The quantitative estimate of drug-likeness (QED) is 0.0988. The number of hydrogen-bond acceptors (Lipinski definition) is 8. The zero-order valence-corrected chi connectivity index (χ0v) is 22.9. The second-order valence-corrected chi connectivity index (χ2v) is 9.50. The van der Waals surface area contributed by atoms with E-state index in [1.165, 1.54) is 6.92 Å². The fourth-order valence-electron chi connectivity index (χ4n) is 3.31. The van der Waals surface area contributed by atoms with Crippen LogP contribution in [0.4, 0.5) is 0 Å². The van der Waals surface area contributed by atoms with Crippen molar-refractivity contribution in [3.63, 3.8) is 0 Å². The van der Waals surface area contributed by atoms with Crippen molar-refractivity contribution in [2.45, 2.75) is 96.9 Å². The zero-order chi connectivity index (χ0) is 30.4. The molecule has 222 valence electrons. The van der Waals surface area contributed by atoms with E-state index in [1.54, 1.807) is 20.8 Å². The first-order chi connectivity index (χ1) is 18.0. The lowest BCUT2D eigenvalue weighted by Crippen LogP contribution is -2.59. The summed E-state index contributed by atoms with van der Waals surface area (Å²) >= 11 is 0. The van der Waals surface area contributed by atoms with E-state index in [0.29, 0.717) is 12.8 Å². The Morgan fingerprint density at radius 3 is 1.64 bits per heavy atom. The number of hydrogen-bond donors (Lipinski definition) is 8. The van der Waals surface area contributed by atoms with Crippen molar-refractivity contribution in [2.24, 2.45) is 17.6 Å². The minimum absolute atomic E-state index is 0.180. The molecule has 0 rings (SSSR count). The monoisotopic (exact) mass is 559 g/mol. The van der Waals surface area contributed by atoms with Crippen LogP contribution in [0.5, 0.6) is 0 Å². The summed E-state index contributed by atoms with van der Waals surface area (Å²) in [6.07, 6.45) is -0.908. The van der Waals surface area contributed by atoms with Crippen LogP contribution < -0.4 is 27.0 Å². The van der Waals surface area contributed by atoms with Gasteiger partial charge in [-0.05, 0) is 25.2 Å². The summed E-state index contributed by atoms with van der Waals surface area (Å²) in [7, 11) is 0. The van der Waals surface area contributed by atoms with Crippen molar-refractivity contribution in [1.29, 1.82) is 0 Å². The fraction of sp³-hybridized carbons (Fsp3) is 0.708. The molecule has 9 N–H and O–H groups in total. The van der Waals surface area contributed by atoms with Gasteiger partial charge in [-0.1, -0.05) is 40.5 Å². The molecule has 0 aliphatic rings. The van der Waals surface area contributed by atoms with Gasteiger partial charge in [-0.2, -0.15) is 0 Å². The Labute approximate surface area is 226 Å². The standard InChI is InChI=1S/C24H41N5O10/c1-6-11(3)18(25)23(37)26-13(5)20(34)28-15(10-17(32)33)22(36)27-14(8-9-16(30)31)21(35)29-19(24(38)39)12(4)7-2/h11-15,18-19H,6-10,25H2,1-5H3,(H,26,37)(H,27,36)(H,28,34)(H,29,35)(H,30,31)(H,32,33)(H,38,39). The molecule has 7 unspecified atom stereocenters. The zero-order valence-electron chi connectivity index (χ0n) is 22.9. The number of carboxylic acid groups (broad SMARTS) is 3. The summed E-state index contributed by atoms with van der Waals surface area (Å²) < 4.78 is 0. The van der Waals surface area contributed by atoms with Gasteiger partial charge in [-0.3, -0.25) is 28.8 Å². The highest BCUT2D eigenvalue weighted by molar-refractivity contribution is 5.96. The van der Waals surface area contributed by atoms with Crippen LogP contribution in [0.2, 0.25) is 0 Å². The lowest BCUT2D eigenvalue weighted by molar-refractivity contribution is -0.145. The predicted octanol–water partition coefficient (Wildman–Crippen LogP) is -1.21. The van der Waals surface area contributed by atoms with E-state index in [9.17, 15) is 43.8 Å². The molecule has 0 aliphatic heterocycles. The van der Waals surface area contributed by atoms with Gasteiger partial charge in [0, 0.05) is 6.42 Å². The molecule has 0 bridgehead atoms. The molecule has 0 aromatic rings. The summed E-state index contributed by atoms with van der Waals surface area (Å²) in [4.78, 5) is 84.7. The maximum absolute atomic E-state index is 12.9. The van der Waals surface area contributed by atoms with Crippen molar-refractivity contribution < 1.29 is 48.9 Å². The third-order valence-corrected chi connectivity index (χ3v) is 6.38.